The number of ether oxygens (including phenoxy) is 1. The summed E-state index contributed by atoms with van der Waals surface area (Å²) < 4.78 is 7.14. The number of carboxylic acid groups (broad SMARTS) is 1. The first kappa shape index (κ1) is 29.9. The molecule has 2 aromatic carbocycles. The van der Waals surface area contributed by atoms with Crippen molar-refractivity contribution >= 4 is 41.0 Å². The average molecular weight is 614 g/mol. The van der Waals surface area contributed by atoms with Gasteiger partial charge in [0.2, 0.25) is 5.91 Å². The normalized spacial score (nSPS) is 17.2. The zero-order valence-corrected chi connectivity index (χ0v) is 25.0. The van der Waals surface area contributed by atoms with Gasteiger partial charge in [-0.3, -0.25) is 14.5 Å². The van der Waals surface area contributed by atoms with Crippen LogP contribution < -0.4 is 10.5 Å². The lowest BCUT2D eigenvalue weighted by Crippen LogP contribution is -2.63. The van der Waals surface area contributed by atoms with Crippen LogP contribution in [0.15, 0.2) is 48.5 Å². The van der Waals surface area contributed by atoms with Crippen LogP contribution in [0.25, 0.3) is 22.4 Å². The summed E-state index contributed by atoms with van der Waals surface area (Å²) in [4.78, 5) is 41.6. The summed E-state index contributed by atoms with van der Waals surface area (Å²) >= 11 is 12.8. The number of piperidine rings is 2. The highest BCUT2D eigenvalue weighted by atomic mass is 35.5. The summed E-state index contributed by atoms with van der Waals surface area (Å²) in [6.07, 6.45) is 4.25. The maximum atomic E-state index is 14.0. The predicted molar refractivity (Wildman–Crippen MR) is 162 cm³/mol. The number of benzene rings is 2. The molecule has 0 spiro atoms. The van der Waals surface area contributed by atoms with Gasteiger partial charge in [-0.25, -0.2) is 4.79 Å². The largest absolute Gasteiger partial charge is 0.482 e. The molecular formula is C31H34Cl2N4O5. The second kappa shape index (κ2) is 12.4. The molecule has 0 saturated carbocycles. The van der Waals surface area contributed by atoms with E-state index < -0.39 is 18.1 Å². The van der Waals surface area contributed by atoms with E-state index in [-0.39, 0.29) is 11.8 Å². The third kappa shape index (κ3) is 5.86. The van der Waals surface area contributed by atoms with E-state index in [1.165, 1.54) is 0 Å². The highest BCUT2D eigenvalue weighted by Crippen LogP contribution is 2.40. The Bertz CT molecular complexity index is 1490. The Kier molecular flexibility index (Phi) is 8.82. The van der Waals surface area contributed by atoms with Gasteiger partial charge in [-0.2, -0.15) is 0 Å². The molecule has 0 bridgehead atoms. The first-order valence-corrected chi connectivity index (χ1v) is 14.8. The molecule has 222 valence electrons. The molecule has 0 aliphatic carbocycles. The van der Waals surface area contributed by atoms with Crippen molar-refractivity contribution in [3.05, 3.63) is 64.3 Å². The second-order valence-corrected chi connectivity index (χ2v) is 11.8. The van der Waals surface area contributed by atoms with Crippen LogP contribution in [0.1, 0.15) is 42.6 Å². The lowest BCUT2D eigenvalue weighted by atomic mass is 9.83. The Morgan fingerprint density at radius 1 is 0.929 bits per heavy atom. The van der Waals surface area contributed by atoms with E-state index >= 15 is 0 Å². The molecule has 2 aliphatic heterocycles. The fraction of sp³-hybridized carbons (Fsp3) is 0.387. The Labute approximate surface area is 254 Å². The number of likely N-dealkylation sites (tertiary alicyclic amines) is 2. The summed E-state index contributed by atoms with van der Waals surface area (Å²) in [6.45, 7) is 2.10. The van der Waals surface area contributed by atoms with Crippen LogP contribution in [0.4, 0.5) is 0 Å². The molecule has 1 aromatic heterocycles. The second-order valence-electron chi connectivity index (χ2n) is 10.9. The number of carboxylic acids is 1. The Hall–Kier alpha value is -3.53. The number of aliphatic carboxylic acids is 1. The smallest absolute Gasteiger partial charge is 0.341 e. The van der Waals surface area contributed by atoms with Gasteiger partial charge in [-0.1, -0.05) is 35.7 Å². The molecule has 2 saturated heterocycles. The predicted octanol–water partition coefficient (Wildman–Crippen LogP) is 5.08. The number of nitrogens with zero attached hydrogens (tertiary/aromatic N) is 3. The number of aromatic nitrogens is 1. The third-order valence-electron chi connectivity index (χ3n) is 8.46. The summed E-state index contributed by atoms with van der Waals surface area (Å²) in [7, 11) is 1.83. The fourth-order valence-corrected chi connectivity index (χ4v) is 6.72. The number of rotatable bonds is 8. The van der Waals surface area contributed by atoms with Crippen LogP contribution in [-0.4, -0.2) is 75.6 Å². The van der Waals surface area contributed by atoms with E-state index in [9.17, 15) is 14.4 Å². The number of amides is 2. The molecule has 42 heavy (non-hydrogen) atoms. The molecule has 0 radical (unpaired) electrons. The van der Waals surface area contributed by atoms with Crippen molar-refractivity contribution < 1.29 is 24.2 Å². The van der Waals surface area contributed by atoms with Crippen molar-refractivity contribution in [2.75, 3.05) is 32.8 Å². The molecule has 3 N–H and O–H groups in total. The number of carbonyl (C=O) groups excluding carboxylic acids is 2. The van der Waals surface area contributed by atoms with Crippen molar-refractivity contribution in [2.24, 2.45) is 12.8 Å². The number of carbonyl (C=O) groups is 3. The van der Waals surface area contributed by atoms with E-state index in [0.29, 0.717) is 53.0 Å². The molecule has 3 heterocycles. The van der Waals surface area contributed by atoms with Gasteiger partial charge < -0.3 is 25.0 Å². The average Bonchev–Trinajstić information content (AvgIpc) is 3.32. The lowest BCUT2D eigenvalue weighted by Gasteiger charge is -2.48. The van der Waals surface area contributed by atoms with Gasteiger partial charge in [-0.15, -0.1) is 0 Å². The van der Waals surface area contributed by atoms with Gasteiger partial charge in [0.25, 0.3) is 5.91 Å². The monoisotopic (exact) mass is 612 g/mol. The quantitative estimate of drug-likeness (QED) is 0.366. The maximum Gasteiger partial charge on any atom is 0.341 e. The first-order valence-electron chi connectivity index (χ1n) is 14.0. The van der Waals surface area contributed by atoms with Gasteiger partial charge in [0.15, 0.2) is 6.61 Å². The van der Waals surface area contributed by atoms with Crippen molar-refractivity contribution in [3.8, 4) is 28.1 Å². The highest BCUT2D eigenvalue weighted by molar-refractivity contribution is 6.36. The molecule has 3 aromatic rings. The Morgan fingerprint density at radius 2 is 1.60 bits per heavy atom. The van der Waals surface area contributed by atoms with Crippen LogP contribution in [-0.2, 0) is 16.6 Å². The fourth-order valence-electron chi connectivity index (χ4n) is 6.21. The number of hydrogen-bond acceptors (Lipinski definition) is 5. The number of halogens is 2. The van der Waals surface area contributed by atoms with Crippen molar-refractivity contribution in [1.82, 2.24) is 14.4 Å². The van der Waals surface area contributed by atoms with E-state index in [0.717, 1.165) is 49.2 Å². The zero-order valence-electron chi connectivity index (χ0n) is 23.4. The maximum absolute atomic E-state index is 14.0. The molecule has 2 fully saturated rings. The minimum Gasteiger partial charge on any atom is -0.482 e. The first-order chi connectivity index (χ1) is 20.1. The minimum absolute atomic E-state index is 0.145. The molecule has 0 unspecified atom stereocenters. The molecule has 2 aliphatic rings. The highest BCUT2D eigenvalue weighted by Gasteiger charge is 2.46. The van der Waals surface area contributed by atoms with Crippen LogP contribution >= 0.6 is 23.2 Å². The summed E-state index contributed by atoms with van der Waals surface area (Å²) in [6, 6.07) is 14.1. The topological polar surface area (TPSA) is 118 Å². The molecule has 5 rings (SSSR count). The van der Waals surface area contributed by atoms with E-state index in [2.05, 4.69) is 4.90 Å². The standard InChI is InChI=1S/C31H34Cl2N4O5/c1-35-26(29(40)36-15-11-31(12-16-36,30(34)41)37-13-3-2-4-14-37)18-24(23-10-7-21(32)17-25(23)33)28(35)20-5-8-22(9-6-20)42-19-27(38)39/h5-10,17-18H,2-4,11-16,19H2,1H3,(H2,34,41)(H,38,39). The van der Waals surface area contributed by atoms with Crippen molar-refractivity contribution in [3.63, 3.8) is 0 Å². The van der Waals surface area contributed by atoms with Crippen LogP contribution in [0.2, 0.25) is 10.0 Å². The summed E-state index contributed by atoms with van der Waals surface area (Å²) in [5.74, 6) is -1.11. The van der Waals surface area contributed by atoms with Crippen molar-refractivity contribution in [2.45, 2.75) is 37.6 Å². The van der Waals surface area contributed by atoms with Gasteiger partial charge in [0.05, 0.1) is 5.69 Å². The van der Waals surface area contributed by atoms with Crippen molar-refractivity contribution in [1.29, 1.82) is 0 Å². The van der Waals surface area contributed by atoms with Gasteiger partial charge in [-0.05, 0) is 86.8 Å². The van der Waals surface area contributed by atoms with Gasteiger partial charge >= 0.3 is 5.97 Å². The SMILES string of the molecule is Cn1c(C(=O)N2CCC(C(N)=O)(N3CCCCC3)CC2)cc(-c2ccc(Cl)cc2Cl)c1-c1ccc(OCC(=O)O)cc1. The third-order valence-corrected chi connectivity index (χ3v) is 9.01. The molecule has 2 amide bonds. The number of hydrogen-bond donors (Lipinski definition) is 2. The lowest BCUT2D eigenvalue weighted by molar-refractivity contribution is -0.139. The number of primary amides is 1. The van der Waals surface area contributed by atoms with Gasteiger partial charge in [0.1, 0.15) is 17.0 Å². The zero-order chi connectivity index (χ0) is 30.0. The van der Waals surface area contributed by atoms with E-state index in [1.54, 1.807) is 29.2 Å². The molecule has 9 nitrogen and oxygen atoms in total. The summed E-state index contributed by atoms with van der Waals surface area (Å²) in [5, 5.41) is 9.87. The van der Waals surface area contributed by atoms with Crippen LogP contribution in [0.5, 0.6) is 5.75 Å². The molecule has 11 heteroatoms. The van der Waals surface area contributed by atoms with E-state index in [1.807, 2.05) is 35.9 Å². The molecular weight excluding hydrogens is 579 g/mol. The Morgan fingerprint density at radius 3 is 2.19 bits per heavy atom. The van der Waals surface area contributed by atoms with Crippen LogP contribution in [0, 0.1) is 0 Å². The molecule has 0 atom stereocenters. The van der Waals surface area contributed by atoms with E-state index in [4.69, 9.17) is 38.8 Å². The van der Waals surface area contributed by atoms with Crippen LogP contribution in [0.3, 0.4) is 0 Å². The minimum atomic E-state index is -1.06. The Balaban J connectivity index is 1.47. The number of nitrogens with two attached hydrogens (primary N) is 1. The summed E-state index contributed by atoms with van der Waals surface area (Å²) in [5.41, 5.74) is 8.72. The van der Waals surface area contributed by atoms with Gasteiger partial charge in [0, 0.05) is 41.3 Å².